The molecule has 2 aromatic carbocycles. The summed E-state index contributed by atoms with van der Waals surface area (Å²) in [6.07, 6.45) is 1.13. The predicted octanol–water partition coefficient (Wildman–Crippen LogP) is 3.10. The van der Waals surface area contributed by atoms with Crippen molar-refractivity contribution in [1.82, 2.24) is 0 Å². The van der Waals surface area contributed by atoms with E-state index in [1.807, 2.05) is 18.2 Å². The van der Waals surface area contributed by atoms with Crippen LogP contribution in [0.1, 0.15) is 10.4 Å². The fourth-order valence-electron chi connectivity index (χ4n) is 1.77. The Morgan fingerprint density at radius 3 is 2.23 bits per heavy atom. The van der Waals surface area contributed by atoms with Gasteiger partial charge in [-0.25, -0.2) is 8.42 Å². The van der Waals surface area contributed by atoms with Gasteiger partial charge in [0.15, 0.2) is 0 Å². The Balaban J connectivity index is 2.17. The van der Waals surface area contributed by atoms with Crippen LogP contribution in [0, 0.1) is 0 Å². The zero-order valence-electron chi connectivity index (χ0n) is 12.1. The maximum absolute atomic E-state index is 12.2. The molecule has 1 amide bonds. The van der Waals surface area contributed by atoms with Crippen molar-refractivity contribution in [2.75, 3.05) is 22.9 Å². The van der Waals surface area contributed by atoms with Gasteiger partial charge >= 0.3 is 0 Å². The molecule has 0 aliphatic carbocycles. The number of anilines is 2. The number of benzene rings is 2. The molecule has 2 aromatic rings. The summed E-state index contributed by atoms with van der Waals surface area (Å²) in [5.74, 6) is -0.263. The lowest BCUT2D eigenvalue weighted by molar-refractivity contribution is 0.102. The van der Waals surface area contributed by atoms with E-state index in [1.54, 1.807) is 30.3 Å². The molecule has 0 aromatic heterocycles. The molecule has 0 aliphatic heterocycles. The molecule has 2 rings (SSSR count). The van der Waals surface area contributed by atoms with E-state index >= 15 is 0 Å². The van der Waals surface area contributed by atoms with Crippen LogP contribution in [0.3, 0.4) is 0 Å². The third-order valence-electron chi connectivity index (χ3n) is 3.11. The highest BCUT2D eigenvalue weighted by molar-refractivity contribution is 9.10. The monoisotopic (exact) mass is 382 g/mol. The van der Waals surface area contributed by atoms with Crippen LogP contribution in [0.4, 0.5) is 11.4 Å². The summed E-state index contributed by atoms with van der Waals surface area (Å²) in [6.45, 7) is 0. The fraction of sp³-hybridized carbons (Fsp3) is 0.133. The van der Waals surface area contributed by atoms with Crippen molar-refractivity contribution in [3.05, 3.63) is 58.6 Å². The van der Waals surface area contributed by atoms with Crippen LogP contribution in [-0.4, -0.2) is 27.6 Å². The average Bonchev–Trinajstić information content (AvgIpc) is 2.48. The van der Waals surface area contributed by atoms with E-state index in [2.05, 4.69) is 21.2 Å². The zero-order valence-corrected chi connectivity index (χ0v) is 14.5. The minimum absolute atomic E-state index is 0.263. The molecule has 0 saturated heterocycles. The number of carbonyl (C=O) groups is 1. The average molecular weight is 383 g/mol. The topological polar surface area (TPSA) is 66.5 Å². The first-order valence-corrected chi connectivity index (χ1v) is 9.03. The van der Waals surface area contributed by atoms with Gasteiger partial charge in [-0.05, 0) is 52.3 Å². The highest BCUT2D eigenvalue weighted by Crippen LogP contribution is 2.22. The van der Waals surface area contributed by atoms with Gasteiger partial charge in [-0.15, -0.1) is 0 Å². The van der Waals surface area contributed by atoms with E-state index in [0.29, 0.717) is 16.9 Å². The van der Waals surface area contributed by atoms with Gasteiger partial charge in [0.05, 0.1) is 17.6 Å². The van der Waals surface area contributed by atoms with Crippen LogP contribution in [0.2, 0.25) is 0 Å². The lowest BCUT2D eigenvalue weighted by atomic mass is 10.2. The summed E-state index contributed by atoms with van der Waals surface area (Å²) < 4.78 is 24.9. The normalized spacial score (nSPS) is 11.0. The summed E-state index contributed by atoms with van der Waals surface area (Å²) in [4.78, 5) is 12.2. The highest BCUT2D eigenvalue weighted by Gasteiger charge is 2.13. The SMILES string of the molecule is CN(c1ccc(C(=O)Nc2ccccc2Br)cc1)S(C)(=O)=O. The molecule has 0 heterocycles. The van der Waals surface area contributed by atoms with Crippen molar-refractivity contribution in [3.63, 3.8) is 0 Å². The molecule has 116 valence electrons. The molecule has 0 unspecified atom stereocenters. The quantitative estimate of drug-likeness (QED) is 0.883. The number of hydrogen-bond donors (Lipinski definition) is 1. The summed E-state index contributed by atoms with van der Waals surface area (Å²) in [5, 5.41) is 2.79. The molecule has 0 atom stereocenters. The first kappa shape index (κ1) is 16.5. The van der Waals surface area contributed by atoms with Crippen LogP contribution >= 0.6 is 15.9 Å². The Kier molecular flexibility index (Phi) is 4.87. The van der Waals surface area contributed by atoms with E-state index in [1.165, 1.54) is 7.05 Å². The van der Waals surface area contributed by atoms with Gasteiger partial charge in [0, 0.05) is 17.1 Å². The maximum Gasteiger partial charge on any atom is 0.255 e. The van der Waals surface area contributed by atoms with Crippen molar-refractivity contribution >= 4 is 43.2 Å². The summed E-state index contributed by atoms with van der Waals surface area (Å²) in [7, 11) is -1.85. The first-order chi connectivity index (χ1) is 10.3. The Hall–Kier alpha value is -1.86. The molecule has 22 heavy (non-hydrogen) atoms. The number of hydrogen-bond acceptors (Lipinski definition) is 3. The first-order valence-electron chi connectivity index (χ1n) is 6.39. The number of amides is 1. The van der Waals surface area contributed by atoms with Crippen molar-refractivity contribution in [2.24, 2.45) is 0 Å². The number of nitrogens with zero attached hydrogens (tertiary/aromatic N) is 1. The van der Waals surface area contributed by atoms with E-state index in [9.17, 15) is 13.2 Å². The van der Waals surface area contributed by atoms with Gasteiger partial charge < -0.3 is 5.32 Å². The van der Waals surface area contributed by atoms with Crippen molar-refractivity contribution < 1.29 is 13.2 Å². The molecular weight excluding hydrogens is 368 g/mol. The molecule has 0 bridgehead atoms. The lowest BCUT2D eigenvalue weighted by Crippen LogP contribution is -2.24. The number of halogens is 1. The maximum atomic E-state index is 12.2. The molecule has 0 radical (unpaired) electrons. The molecule has 1 N–H and O–H groups in total. The minimum atomic E-state index is -3.32. The second-order valence-corrected chi connectivity index (χ2v) is 7.58. The molecule has 0 spiro atoms. The van der Waals surface area contributed by atoms with Crippen LogP contribution < -0.4 is 9.62 Å². The van der Waals surface area contributed by atoms with Crippen molar-refractivity contribution in [2.45, 2.75) is 0 Å². The number of rotatable bonds is 4. The van der Waals surface area contributed by atoms with Gasteiger partial charge in [-0.1, -0.05) is 12.1 Å². The lowest BCUT2D eigenvalue weighted by Gasteiger charge is -2.16. The summed E-state index contributed by atoms with van der Waals surface area (Å²) in [5.41, 5.74) is 1.62. The van der Waals surface area contributed by atoms with Crippen LogP contribution in [0.5, 0.6) is 0 Å². The number of sulfonamides is 1. The molecular formula is C15H15BrN2O3S. The highest BCUT2D eigenvalue weighted by atomic mass is 79.9. The summed E-state index contributed by atoms with van der Waals surface area (Å²) >= 11 is 3.36. The number of carbonyl (C=O) groups excluding carboxylic acids is 1. The minimum Gasteiger partial charge on any atom is -0.321 e. The van der Waals surface area contributed by atoms with E-state index in [4.69, 9.17) is 0 Å². The largest absolute Gasteiger partial charge is 0.321 e. The smallest absolute Gasteiger partial charge is 0.255 e. The van der Waals surface area contributed by atoms with Gasteiger partial charge in [-0.2, -0.15) is 0 Å². The van der Waals surface area contributed by atoms with Crippen LogP contribution in [0.15, 0.2) is 53.0 Å². The molecule has 0 fully saturated rings. The van der Waals surface area contributed by atoms with Crippen LogP contribution in [0.25, 0.3) is 0 Å². The van der Waals surface area contributed by atoms with Crippen molar-refractivity contribution in [1.29, 1.82) is 0 Å². The van der Waals surface area contributed by atoms with Gasteiger partial charge in [-0.3, -0.25) is 9.10 Å². The molecule has 5 nitrogen and oxygen atoms in total. The summed E-state index contributed by atoms with van der Waals surface area (Å²) in [6, 6.07) is 13.7. The van der Waals surface area contributed by atoms with E-state index < -0.39 is 10.0 Å². The number of nitrogens with one attached hydrogen (secondary N) is 1. The Morgan fingerprint density at radius 1 is 1.09 bits per heavy atom. The second kappa shape index (κ2) is 6.50. The Bertz CT molecular complexity index is 789. The molecule has 7 heteroatoms. The fourth-order valence-corrected chi connectivity index (χ4v) is 2.66. The van der Waals surface area contributed by atoms with Gasteiger partial charge in [0.1, 0.15) is 0 Å². The zero-order chi connectivity index (χ0) is 16.3. The van der Waals surface area contributed by atoms with Gasteiger partial charge in [0.2, 0.25) is 10.0 Å². The Morgan fingerprint density at radius 2 is 1.68 bits per heavy atom. The number of para-hydroxylation sites is 1. The van der Waals surface area contributed by atoms with Gasteiger partial charge in [0.25, 0.3) is 5.91 Å². The predicted molar refractivity (Wildman–Crippen MR) is 91.8 cm³/mol. The van der Waals surface area contributed by atoms with E-state index in [-0.39, 0.29) is 5.91 Å². The molecule has 0 saturated carbocycles. The van der Waals surface area contributed by atoms with Crippen molar-refractivity contribution in [3.8, 4) is 0 Å². The standard InChI is InChI=1S/C15H15BrN2O3S/c1-18(22(2,20)21)12-9-7-11(8-10-12)15(19)17-14-6-4-3-5-13(14)16/h3-10H,1-2H3,(H,17,19). The Labute approximate surface area is 138 Å². The molecule has 0 aliphatic rings. The third-order valence-corrected chi connectivity index (χ3v) is 5.01. The van der Waals surface area contributed by atoms with E-state index in [0.717, 1.165) is 15.0 Å². The van der Waals surface area contributed by atoms with Crippen LogP contribution in [-0.2, 0) is 10.0 Å². The second-order valence-electron chi connectivity index (χ2n) is 4.71. The third kappa shape index (κ3) is 3.86.